The number of carbonyl (C=O) groups is 1. The van der Waals surface area contributed by atoms with Crippen LogP contribution >= 0.6 is 23.1 Å². The molecule has 2 aromatic heterocycles. The number of rotatable bonds is 10. The Morgan fingerprint density at radius 3 is 2.52 bits per heavy atom. The first-order chi connectivity index (χ1) is 16.1. The highest BCUT2D eigenvalue weighted by Gasteiger charge is 2.16. The number of hydrogen-bond acceptors (Lipinski definition) is 6. The third-order valence-corrected chi connectivity index (χ3v) is 7.54. The summed E-state index contributed by atoms with van der Waals surface area (Å²) in [6.45, 7) is 3.14. The molecular weight excluding hydrogens is 452 g/mol. The average molecular weight is 479 g/mol. The van der Waals surface area contributed by atoms with Crippen LogP contribution in [0.15, 0.2) is 70.6 Å². The van der Waals surface area contributed by atoms with Gasteiger partial charge in [-0.3, -0.25) is 14.2 Å². The summed E-state index contributed by atoms with van der Waals surface area (Å²) in [5.41, 5.74) is 2.80. The van der Waals surface area contributed by atoms with Crippen LogP contribution in [0.3, 0.4) is 0 Å². The van der Waals surface area contributed by atoms with Gasteiger partial charge in [0.25, 0.3) is 5.56 Å². The Bertz CT molecular complexity index is 1300. The monoisotopic (exact) mass is 478 g/mol. The van der Waals surface area contributed by atoms with Crippen molar-refractivity contribution in [1.82, 2.24) is 9.55 Å². The van der Waals surface area contributed by atoms with Crippen molar-refractivity contribution in [1.29, 1.82) is 0 Å². The van der Waals surface area contributed by atoms with Crippen molar-refractivity contribution in [2.45, 2.75) is 31.5 Å². The molecule has 0 saturated heterocycles. The number of thioether (sulfide) groups is 1. The maximum atomic E-state index is 13.2. The number of nitrogens with zero attached hydrogens (tertiary/aromatic N) is 2. The standard InChI is InChI=1S/C26H26N2O3S2/c1-3-21-16-22-24(33-21)27-26(28(25(22)30)14-7-15-31-2)32-17-23(29)20-12-10-19(11-13-20)18-8-5-4-6-9-18/h4-6,8-13,16H,3,7,14-15,17H2,1-2H3. The van der Waals surface area contributed by atoms with Gasteiger partial charge in [-0.25, -0.2) is 4.98 Å². The van der Waals surface area contributed by atoms with E-state index in [-0.39, 0.29) is 17.1 Å². The fourth-order valence-electron chi connectivity index (χ4n) is 3.59. The van der Waals surface area contributed by atoms with Gasteiger partial charge >= 0.3 is 0 Å². The first kappa shape index (κ1) is 23.4. The minimum Gasteiger partial charge on any atom is -0.385 e. The Labute approximate surface area is 201 Å². The Morgan fingerprint density at radius 1 is 1.09 bits per heavy atom. The molecule has 4 aromatic rings. The lowest BCUT2D eigenvalue weighted by Crippen LogP contribution is -2.24. The van der Waals surface area contributed by atoms with Crippen LogP contribution in [0, 0.1) is 0 Å². The summed E-state index contributed by atoms with van der Waals surface area (Å²) >= 11 is 2.87. The van der Waals surface area contributed by atoms with Crippen molar-refractivity contribution in [3.63, 3.8) is 0 Å². The molecule has 0 spiro atoms. The number of aromatic nitrogens is 2. The third kappa shape index (κ3) is 5.43. The first-order valence-corrected chi connectivity index (χ1v) is 12.7. The lowest BCUT2D eigenvalue weighted by molar-refractivity contribution is 0.102. The Hall–Kier alpha value is -2.74. The molecule has 0 unspecified atom stereocenters. The number of aryl methyl sites for hydroxylation is 1. The summed E-state index contributed by atoms with van der Waals surface area (Å²) in [4.78, 5) is 32.7. The maximum absolute atomic E-state index is 13.2. The van der Waals surface area contributed by atoms with Gasteiger partial charge in [-0.05, 0) is 30.0 Å². The number of carbonyl (C=O) groups excluding carboxylic acids is 1. The molecule has 0 aliphatic rings. The molecule has 33 heavy (non-hydrogen) atoms. The predicted octanol–water partition coefficient (Wildman–Crippen LogP) is 5.70. The van der Waals surface area contributed by atoms with E-state index in [0.717, 1.165) is 27.3 Å². The van der Waals surface area contributed by atoms with E-state index in [1.54, 1.807) is 23.0 Å². The largest absolute Gasteiger partial charge is 0.385 e. The van der Waals surface area contributed by atoms with Crippen LogP contribution in [0.2, 0.25) is 0 Å². The molecule has 2 aromatic carbocycles. The summed E-state index contributed by atoms with van der Waals surface area (Å²) in [7, 11) is 1.65. The highest BCUT2D eigenvalue weighted by atomic mass is 32.2. The van der Waals surface area contributed by atoms with Crippen molar-refractivity contribution in [3.05, 3.63) is 81.5 Å². The molecular formula is C26H26N2O3S2. The highest BCUT2D eigenvalue weighted by Crippen LogP contribution is 2.26. The molecule has 4 rings (SSSR count). The first-order valence-electron chi connectivity index (χ1n) is 10.9. The Kier molecular flexibility index (Phi) is 7.75. The van der Waals surface area contributed by atoms with Crippen LogP contribution in [-0.2, 0) is 17.7 Å². The SMILES string of the molecule is CCc1cc2c(=O)n(CCCOC)c(SCC(=O)c3ccc(-c4ccccc4)cc3)nc2s1. The fourth-order valence-corrected chi connectivity index (χ4v) is 5.52. The van der Waals surface area contributed by atoms with Gasteiger partial charge in [0.1, 0.15) is 4.83 Å². The van der Waals surface area contributed by atoms with Crippen LogP contribution in [0.5, 0.6) is 0 Å². The zero-order chi connectivity index (χ0) is 23.2. The number of ketones is 1. The topological polar surface area (TPSA) is 61.2 Å². The van der Waals surface area contributed by atoms with E-state index >= 15 is 0 Å². The minimum absolute atomic E-state index is 0.0119. The van der Waals surface area contributed by atoms with Crippen LogP contribution < -0.4 is 5.56 Å². The molecule has 0 aliphatic heterocycles. The maximum Gasteiger partial charge on any atom is 0.262 e. The smallest absolute Gasteiger partial charge is 0.262 e. The molecule has 0 bridgehead atoms. The molecule has 7 heteroatoms. The van der Waals surface area contributed by atoms with E-state index < -0.39 is 0 Å². The third-order valence-electron chi connectivity index (χ3n) is 5.39. The zero-order valence-electron chi connectivity index (χ0n) is 18.7. The van der Waals surface area contributed by atoms with Gasteiger partial charge in [-0.2, -0.15) is 0 Å². The van der Waals surface area contributed by atoms with E-state index in [1.807, 2.05) is 60.7 Å². The lowest BCUT2D eigenvalue weighted by Gasteiger charge is -2.11. The second kappa shape index (κ2) is 10.9. The average Bonchev–Trinajstić information content (AvgIpc) is 3.28. The summed E-state index contributed by atoms with van der Waals surface area (Å²) in [5.74, 6) is 0.233. The minimum atomic E-state index is -0.0470. The van der Waals surface area contributed by atoms with Gasteiger partial charge in [-0.1, -0.05) is 73.3 Å². The molecule has 0 amide bonds. The van der Waals surface area contributed by atoms with Crippen LogP contribution in [0.25, 0.3) is 21.3 Å². The van der Waals surface area contributed by atoms with Crippen LogP contribution in [0.1, 0.15) is 28.6 Å². The normalized spacial score (nSPS) is 11.2. The molecule has 170 valence electrons. The molecule has 0 atom stereocenters. The van der Waals surface area contributed by atoms with Gasteiger partial charge in [0, 0.05) is 30.7 Å². The van der Waals surface area contributed by atoms with E-state index in [9.17, 15) is 9.59 Å². The molecule has 0 radical (unpaired) electrons. The van der Waals surface area contributed by atoms with E-state index in [0.29, 0.717) is 35.7 Å². The number of ether oxygens (including phenoxy) is 1. The van der Waals surface area contributed by atoms with Gasteiger partial charge in [0.15, 0.2) is 10.9 Å². The van der Waals surface area contributed by atoms with Crippen molar-refractivity contribution in [2.75, 3.05) is 19.5 Å². The van der Waals surface area contributed by atoms with Crippen molar-refractivity contribution in [3.8, 4) is 11.1 Å². The highest BCUT2D eigenvalue weighted by molar-refractivity contribution is 7.99. The number of methoxy groups -OCH3 is 1. The zero-order valence-corrected chi connectivity index (χ0v) is 20.4. The predicted molar refractivity (Wildman–Crippen MR) is 137 cm³/mol. The summed E-state index contributed by atoms with van der Waals surface area (Å²) in [6, 6.07) is 19.7. The second-order valence-electron chi connectivity index (χ2n) is 7.64. The number of fused-ring (bicyclic) bond motifs is 1. The van der Waals surface area contributed by atoms with Gasteiger partial charge in [-0.15, -0.1) is 11.3 Å². The fraction of sp³-hybridized carbons (Fsp3) is 0.269. The number of hydrogen-bond donors (Lipinski definition) is 0. The number of thiophene rings is 1. The molecule has 0 fully saturated rings. The summed E-state index contributed by atoms with van der Waals surface area (Å²) < 4.78 is 6.84. The van der Waals surface area contributed by atoms with Crippen LogP contribution in [-0.4, -0.2) is 34.8 Å². The molecule has 0 saturated carbocycles. The number of benzene rings is 2. The van der Waals surface area contributed by atoms with E-state index in [1.165, 1.54) is 11.8 Å². The Morgan fingerprint density at radius 2 is 1.82 bits per heavy atom. The van der Waals surface area contributed by atoms with E-state index in [2.05, 4.69) is 6.92 Å². The molecule has 5 nitrogen and oxygen atoms in total. The van der Waals surface area contributed by atoms with Gasteiger partial charge in [0.2, 0.25) is 0 Å². The quantitative estimate of drug-likeness (QED) is 0.127. The molecule has 0 N–H and O–H groups in total. The van der Waals surface area contributed by atoms with Crippen molar-refractivity contribution < 1.29 is 9.53 Å². The van der Waals surface area contributed by atoms with E-state index in [4.69, 9.17) is 9.72 Å². The second-order valence-corrected chi connectivity index (χ2v) is 9.70. The summed E-state index contributed by atoms with van der Waals surface area (Å²) in [6.07, 6.45) is 1.57. The summed E-state index contributed by atoms with van der Waals surface area (Å²) in [5, 5.41) is 1.24. The lowest BCUT2D eigenvalue weighted by atomic mass is 10.0. The van der Waals surface area contributed by atoms with Gasteiger partial charge < -0.3 is 4.74 Å². The molecule has 0 aliphatic carbocycles. The Balaban J connectivity index is 1.54. The van der Waals surface area contributed by atoms with Crippen molar-refractivity contribution in [2.24, 2.45) is 0 Å². The van der Waals surface area contributed by atoms with Crippen LogP contribution in [0.4, 0.5) is 0 Å². The molecule has 2 heterocycles. The van der Waals surface area contributed by atoms with Gasteiger partial charge in [0.05, 0.1) is 11.1 Å². The number of Topliss-reactive ketones (excluding diaryl/α,β-unsaturated/α-hetero) is 1. The van der Waals surface area contributed by atoms with Crippen molar-refractivity contribution >= 4 is 39.1 Å².